The summed E-state index contributed by atoms with van der Waals surface area (Å²) in [5.74, 6) is 7.04. The third-order valence-electron chi connectivity index (χ3n) is 5.36. The van der Waals surface area contributed by atoms with Crippen molar-refractivity contribution in [1.29, 1.82) is 0 Å². The van der Waals surface area contributed by atoms with E-state index in [4.69, 9.17) is 14.2 Å². The number of methoxy groups -OCH3 is 2. The van der Waals surface area contributed by atoms with Crippen LogP contribution in [0.25, 0.3) is 0 Å². The van der Waals surface area contributed by atoms with E-state index in [1.807, 2.05) is 74.5 Å². The zero-order chi connectivity index (χ0) is 23.9. The number of allylic oxidation sites excluding steroid dienone is 2. The van der Waals surface area contributed by atoms with Gasteiger partial charge in [0.25, 0.3) is 0 Å². The molecule has 2 aromatic rings. The predicted molar refractivity (Wildman–Crippen MR) is 132 cm³/mol. The molecule has 2 rings (SSSR count). The van der Waals surface area contributed by atoms with Crippen molar-refractivity contribution in [1.82, 2.24) is 4.90 Å². The van der Waals surface area contributed by atoms with Crippen molar-refractivity contribution in [3.05, 3.63) is 77.9 Å². The summed E-state index contributed by atoms with van der Waals surface area (Å²) in [4.78, 5) is 14.5. The molecule has 0 bridgehead atoms. The summed E-state index contributed by atoms with van der Waals surface area (Å²) >= 11 is 0. The SMILES string of the molecule is C/C=C\CC[C@@H](C#CCOCc1ccccc1)N(Cc1ccc(OC)cc1)[C@@H](C)C(=O)OC. The normalized spacial score (nSPS) is 12.8. The molecule has 2 atom stereocenters. The molecule has 0 heterocycles. The molecule has 0 spiro atoms. The summed E-state index contributed by atoms with van der Waals surface area (Å²) in [6.45, 7) is 5.29. The standard InChI is InChI=1S/C28H35NO4/c1-5-6-8-14-26(15-11-20-33-22-25-12-9-7-10-13-25)29(23(2)28(30)32-4)21-24-16-18-27(31-3)19-17-24/h5-7,9-10,12-13,16-19,23,26H,8,14,20-22H2,1-4H3/b6-5-/t23-,26-/m0/s1. The Bertz CT molecular complexity index is 912. The van der Waals surface area contributed by atoms with Gasteiger partial charge in [-0.2, -0.15) is 0 Å². The molecule has 2 aromatic carbocycles. The van der Waals surface area contributed by atoms with Gasteiger partial charge >= 0.3 is 5.97 Å². The number of carbonyl (C=O) groups is 1. The van der Waals surface area contributed by atoms with Crippen molar-refractivity contribution in [3.63, 3.8) is 0 Å². The van der Waals surface area contributed by atoms with Crippen molar-refractivity contribution < 1.29 is 19.0 Å². The van der Waals surface area contributed by atoms with Gasteiger partial charge < -0.3 is 14.2 Å². The fourth-order valence-corrected chi connectivity index (χ4v) is 3.46. The van der Waals surface area contributed by atoms with Crippen LogP contribution in [0.1, 0.15) is 37.8 Å². The van der Waals surface area contributed by atoms with Crippen LogP contribution in [-0.4, -0.2) is 43.8 Å². The van der Waals surface area contributed by atoms with Crippen LogP contribution < -0.4 is 4.74 Å². The Morgan fingerprint density at radius 1 is 1.06 bits per heavy atom. The monoisotopic (exact) mass is 449 g/mol. The van der Waals surface area contributed by atoms with Gasteiger partial charge in [-0.15, -0.1) is 0 Å². The zero-order valence-electron chi connectivity index (χ0n) is 20.1. The number of hydrogen-bond donors (Lipinski definition) is 0. The highest BCUT2D eigenvalue weighted by Crippen LogP contribution is 2.19. The molecule has 0 radical (unpaired) electrons. The van der Waals surface area contributed by atoms with Gasteiger partial charge in [-0.3, -0.25) is 9.69 Å². The van der Waals surface area contributed by atoms with Crippen LogP contribution in [0.4, 0.5) is 0 Å². The first-order valence-corrected chi connectivity index (χ1v) is 11.3. The van der Waals surface area contributed by atoms with Gasteiger partial charge in [0.1, 0.15) is 18.4 Å². The minimum atomic E-state index is -0.438. The molecule has 5 heteroatoms. The Morgan fingerprint density at radius 3 is 2.42 bits per heavy atom. The van der Waals surface area contributed by atoms with E-state index in [-0.39, 0.29) is 12.0 Å². The second-order valence-corrected chi connectivity index (χ2v) is 7.68. The number of ether oxygens (including phenoxy) is 3. The van der Waals surface area contributed by atoms with E-state index < -0.39 is 6.04 Å². The number of hydrogen-bond acceptors (Lipinski definition) is 5. The maximum Gasteiger partial charge on any atom is 0.322 e. The Balaban J connectivity index is 2.17. The summed E-state index contributed by atoms with van der Waals surface area (Å²) in [5, 5.41) is 0. The summed E-state index contributed by atoms with van der Waals surface area (Å²) < 4.78 is 16.1. The van der Waals surface area contributed by atoms with Crippen LogP contribution in [0, 0.1) is 11.8 Å². The first-order chi connectivity index (χ1) is 16.1. The predicted octanol–water partition coefficient (Wildman–Crippen LogP) is 5.00. The minimum Gasteiger partial charge on any atom is -0.497 e. The number of rotatable bonds is 12. The highest BCUT2D eigenvalue weighted by molar-refractivity contribution is 5.75. The molecule has 0 aliphatic rings. The highest BCUT2D eigenvalue weighted by atomic mass is 16.5. The topological polar surface area (TPSA) is 48.0 Å². The zero-order valence-corrected chi connectivity index (χ0v) is 20.1. The van der Waals surface area contributed by atoms with Gasteiger partial charge in [-0.1, -0.05) is 66.5 Å². The van der Waals surface area contributed by atoms with Crippen molar-refractivity contribution in [2.75, 3.05) is 20.8 Å². The van der Waals surface area contributed by atoms with Crippen LogP contribution in [0.2, 0.25) is 0 Å². The van der Waals surface area contributed by atoms with E-state index >= 15 is 0 Å². The molecule has 0 aliphatic carbocycles. The van der Waals surface area contributed by atoms with E-state index in [9.17, 15) is 4.79 Å². The number of carbonyl (C=O) groups excluding carboxylic acids is 1. The van der Waals surface area contributed by atoms with Crippen molar-refractivity contribution >= 4 is 5.97 Å². The van der Waals surface area contributed by atoms with E-state index in [2.05, 4.69) is 22.8 Å². The highest BCUT2D eigenvalue weighted by Gasteiger charge is 2.27. The van der Waals surface area contributed by atoms with Gasteiger partial charge in [0, 0.05) is 6.54 Å². The molecule has 0 N–H and O–H groups in total. The van der Waals surface area contributed by atoms with E-state index in [0.29, 0.717) is 19.8 Å². The molecule has 33 heavy (non-hydrogen) atoms. The third-order valence-corrected chi connectivity index (χ3v) is 5.36. The number of nitrogens with zero attached hydrogens (tertiary/aromatic N) is 1. The van der Waals surface area contributed by atoms with Crippen LogP contribution in [0.15, 0.2) is 66.7 Å². The lowest BCUT2D eigenvalue weighted by Gasteiger charge is -2.32. The van der Waals surface area contributed by atoms with Gasteiger partial charge in [0.15, 0.2) is 0 Å². The second-order valence-electron chi connectivity index (χ2n) is 7.68. The lowest BCUT2D eigenvalue weighted by Crippen LogP contribution is -2.45. The maximum absolute atomic E-state index is 12.4. The van der Waals surface area contributed by atoms with Crippen LogP contribution in [0.5, 0.6) is 5.75 Å². The Morgan fingerprint density at radius 2 is 1.79 bits per heavy atom. The largest absolute Gasteiger partial charge is 0.497 e. The van der Waals surface area contributed by atoms with Crippen LogP contribution >= 0.6 is 0 Å². The van der Waals surface area contributed by atoms with Crippen molar-refractivity contribution in [3.8, 4) is 17.6 Å². The quantitative estimate of drug-likeness (QED) is 0.197. The lowest BCUT2D eigenvalue weighted by atomic mass is 10.0. The molecule has 0 unspecified atom stereocenters. The number of benzene rings is 2. The maximum atomic E-state index is 12.4. The summed E-state index contributed by atoms with van der Waals surface area (Å²) in [7, 11) is 3.07. The van der Waals surface area contributed by atoms with Gasteiger partial charge in [0.2, 0.25) is 0 Å². The van der Waals surface area contributed by atoms with E-state index in [1.54, 1.807) is 7.11 Å². The van der Waals surface area contributed by atoms with Gasteiger partial charge in [-0.05, 0) is 49.9 Å². The molecule has 5 nitrogen and oxygen atoms in total. The third kappa shape index (κ3) is 9.13. The molecule has 0 aliphatic heterocycles. The lowest BCUT2D eigenvalue weighted by molar-refractivity contribution is -0.147. The molecular weight excluding hydrogens is 414 g/mol. The fourth-order valence-electron chi connectivity index (χ4n) is 3.46. The summed E-state index contributed by atoms with van der Waals surface area (Å²) in [6.07, 6.45) is 5.82. The summed E-state index contributed by atoms with van der Waals surface area (Å²) in [6, 6.07) is 17.3. The molecule has 0 aromatic heterocycles. The fraction of sp³-hybridized carbons (Fsp3) is 0.393. The molecule has 0 fully saturated rings. The Labute approximate surface area is 198 Å². The smallest absolute Gasteiger partial charge is 0.322 e. The molecule has 0 amide bonds. The first kappa shape index (κ1) is 26.2. The molecular formula is C28H35NO4. The minimum absolute atomic E-state index is 0.127. The van der Waals surface area contributed by atoms with E-state index in [1.165, 1.54) is 7.11 Å². The Kier molecular flexibility index (Phi) is 11.8. The van der Waals surface area contributed by atoms with Crippen LogP contribution in [0.3, 0.4) is 0 Å². The van der Waals surface area contributed by atoms with Crippen LogP contribution in [-0.2, 0) is 27.4 Å². The number of esters is 1. The Hall–Kier alpha value is -3.07. The van der Waals surface area contributed by atoms with Crippen molar-refractivity contribution in [2.24, 2.45) is 0 Å². The van der Waals surface area contributed by atoms with Gasteiger partial charge in [0.05, 0.1) is 26.9 Å². The molecule has 0 saturated carbocycles. The van der Waals surface area contributed by atoms with Crippen molar-refractivity contribution in [2.45, 2.75) is 51.9 Å². The first-order valence-electron chi connectivity index (χ1n) is 11.3. The summed E-state index contributed by atoms with van der Waals surface area (Å²) in [5.41, 5.74) is 2.19. The molecule has 176 valence electrons. The molecule has 0 saturated heterocycles. The average Bonchev–Trinajstić information content (AvgIpc) is 2.86. The van der Waals surface area contributed by atoms with E-state index in [0.717, 1.165) is 29.7 Å². The average molecular weight is 450 g/mol. The second kappa shape index (κ2) is 14.9. The van der Waals surface area contributed by atoms with Gasteiger partial charge in [-0.25, -0.2) is 0 Å².